The van der Waals surface area contributed by atoms with Crippen LogP contribution in [0.4, 0.5) is 0 Å². The Kier molecular flexibility index (Phi) is 30.4. The Hall–Kier alpha value is -2.68. The summed E-state index contributed by atoms with van der Waals surface area (Å²) < 4.78 is 5.86. The third-order valence-electron chi connectivity index (χ3n) is 7.91. The van der Waals surface area contributed by atoms with E-state index in [0.717, 1.165) is 64.2 Å². The van der Waals surface area contributed by atoms with Crippen LogP contribution in [0.15, 0.2) is 24.3 Å². The van der Waals surface area contributed by atoms with Gasteiger partial charge in [-0.25, -0.2) is 4.79 Å². The van der Waals surface area contributed by atoms with Gasteiger partial charge in [0.15, 0.2) is 0 Å². The zero-order chi connectivity index (χ0) is 34.1. The van der Waals surface area contributed by atoms with E-state index in [0.29, 0.717) is 12.8 Å². The molecule has 0 aliphatic carbocycles. The topological polar surface area (TPSA) is 142 Å². The molecule has 0 aromatic rings. The molecule has 0 heterocycles. The molecule has 0 aliphatic rings. The van der Waals surface area contributed by atoms with Gasteiger partial charge in [-0.1, -0.05) is 103 Å². The van der Waals surface area contributed by atoms with Crippen molar-refractivity contribution in [3.05, 3.63) is 24.3 Å². The lowest BCUT2D eigenvalue weighted by Crippen LogP contribution is -2.47. The van der Waals surface area contributed by atoms with Crippen molar-refractivity contribution in [3.8, 4) is 0 Å². The molecule has 0 radical (unpaired) electrons. The SMILES string of the molecule is CCCCC/C=C\CCCCCCCC(=O)OC(/C=C\CCCCCCC)CCCCCCC(=O)NCC(=O)NC(CO)C(=O)O. The number of allylic oxidation sites excluding steroid dienone is 3. The molecule has 0 spiro atoms. The first-order chi connectivity index (χ1) is 22.3. The molecule has 0 aromatic carbocycles. The minimum absolute atomic E-state index is 0.123. The summed E-state index contributed by atoms with van der Waals surface area (Å²) in [5.74, 6) is -2.41. The summed E-state index contributed by atoms with van der Waals surface area (Å²) in [6.07, 6.45) is 32.2. The van der Waals surface area contributed by atoms with E-state index in [1.165, 1.54) is 64.2 Å². The van der Waals surface area contributed by atoms with Crippen molar-refractivity contribution < 1.29 is 34.1 Å². The van der Waals surface area contributed by atoms with Crippen molar-refractivity contribution in [2.75, 3.05) is 13.2 Å². The van der Waals surface area contributed by atoms with Crippen molar-refractivity contribution in [2.24, 2.45) is 0 Å². The summed E-state index contributed by atoms with van der Waals surface area (Å²) in [7, 11) is 0. The minimum atomic E-state index is -1.39. The molecule has 2 amide bonds. The van der Waals surface area contributed by atoms with E-state index in [-0.39, 0.29) is 30.9 Å². The van der Waals surface area contributed by atoms with Crippen LogP contribution in [0.2, 0.25) is 0 Å². The van der Waals surface area contributed by atoms with Gasteiger partial charge in [0, 0.05) is 12.8 Å². The van der Waals surface area contributed by atoms with Crippen molar-refractivity contribution in [1.82, 2.24) is 10.6 Å². The maximum atomic E-state index is 12.6. The number of unbranched alkanes of at least 4 members (excludes halogenated alkanes) is 16. The first-order valence-corrected chi connectivity index (χ1v) is 18.2. The Morgan fingerprint density at radius 2 is 1.17 bits per heavy atom. The zero-order valence-electron chi connectivity index (χ0n) is 29.1. The average molecular weight is 651 g/mol. The Balaban J connectivity index is 4.30. The van der Waals surface area contributed by atoms with E-state index in [4.69, 9.17) is 14.9 Å². The predicted octanol–water partition coefficient (Wildman–Crippen LogP) is 7.70. The van der Waals surface area contributed by atoms with Crippen LogP contribution in [0.1, 0.15) is 162 Å². The highest BCUT2D eigenvalue weighted by atomic mass is 16.5. The van der Waals surface area contributed by atoms with E-state index >= 15 is 0 Å². The van der Waals surface area contributed by atoms with E-state index in [2.05, 4.69) is 48.8 Å². The second-order valence-corrected chi connectivity index (χ2v) is 12.3. The number of carbonyl (C=O) groups excluding carboxylic acids is 3. The van der Waals surface area contributed by atoms with Gasteiger partial charge in [-0.05, 0) is 70.3 Å². The molecule has 0 aromatic heterocycles. The Morgan fingerprint density at radius 3 is 1.80 bits per heavy atom. The van der Waals surface area contributed by atoms with Gasteiger partial charge in [-0.2, -0.15) is 0 Å². The van der Waals surface area contributed by atoms with Gasteiger partial charge in [-0.15, -0.1) is 0 Å². The highest BCUT2D eigenvalue weighted by Crippen LogP contribution is 2.15. The fourth-order valence-electron chi connectivity index (χ4n) is 5.03. The third kappa shape index (κ3) is 28.8. The maximum Gasteiger partial charge on any atom is 0.328 e. The molecule has 0 bridgehead atoms. The quantitative estimate of drug-likeness (QED) is 0.0332. The molecule has 0 fully saturated rings. The maximum absolute atomic E-state index is 12.6. The fourth-order valence-corrected chi connectivity index (χ4v) is 5.03. The van der Waals surface area contributed by atoms with E-state index < -0.39 is 24.5 Å². The summed E-state index contributed by atoms with van der Waals surface area (Å²) in [5.41, 5.74) is 0. The normalized spacial score (nSPS) is 12.8. The van der Waals surface area contributed by atoms with Crippen molar-refractivity contribution in [3.63, 3.8) is 0 Å². The number of aliphatic hydroxyl groups excluding tert-OH is 1. The van der Waals surface area contributed by atoms with Gasteiger partial charge >= 0.3 is 11.9 Å². The molecule has 0 rings (SSSR count). The number of esters is 1. The Bertz CT molecular complexity index is 844. The zero-order valence-corrected chi connectivity index (χ0v) is 29.1. The van der Waals surface area contributed by atoms with Crippen molar-refractivity contribution in [2.45, 2.75) is 174 Å². The molecule has 9 heteroatoms. The summed E-state index contributed by atoms with van der Waals surface area (Å²) >= 11 is 0. The van der Waals surface area contributed by atoms with Gasteiger partial charge in [0.05, 0.1) is 13.2 Å². The van der Waals surface area contributed by atoms with Gasteiger partial charge in [-0.3, -0.25) is 14.4 Å². The first kappa shape index (κ1) is 43.3. The number of aliphatic carboxylic acids is 1. The highest BCUT2D eigenvalue weighted by Gasteiger charge is 2.18. The Morgan fingerprint density at radius 1 is 0.652 bits per heavy atom. The number of rotatable bonds is 32. The molecule has 2 unspecified atom stereocenters. The second kappa shape index (κ2) is 32.3. The van der Waals surface area contributed by atoms with E-state index in [1.807, 2.05) is 0 Å². The number of hydrogen-bond acceptors (Lipinski definition) is 6. The summed E-state index contributed by atoms with van der Waals surface area (Å²) in [5, 5.41) is 22.4. The molecule has 266 valence electrons. The molecule has 0 aliphatic heterocycles. The monoisotopic (exact) mass is 650 g/mol. The van der Waals surface area contributed by atoms with Crippen LogP contribution in [-0.2, 0) is 23.9 Å². The molecule has 2 atom stereocenters. The fraction of sp³-hybridized carbons (Fsp3) is 0.784. The van der Waals surface area contributed by atoms with Crippen molar-refractivity contribution >= 4 is 23.8 Å². The van der Waals surface area contributed by atoms with Crippen LogP contribution in [-0.4, -0.2) is 59.3 Å². The minimum Gasteiger partial charge on any atom is -0.480 e. The predicted molar refractivity (Wildman–Crippen MR) is 185 cm³/mol. The molecule has 9 nitrogen and oxygen atoms in total. The molecular weight excluding hydrogens is 584 g/mol. The largest absolute Gasteiger partial charge is 0.480 e. The van der Waals surface area contributed by atoms with Crippen LogP contribution >= 0.6 is 0 Å². The first-order valence-electron chi connectivity index (χ1n) is 18.2. The number of ether oxygens (including phenoxy) is 1. The lowest BCUT2D eigenvalue weighted by atomic mass is 10.1. The second-order valence-electron chi connectivity index (χ2n) is 12.3. The Labute approximate surface area is 279 Å². The summed E-state index contributed by atoms with van der Waals surface area (Å²) in [4.78, 5) is 47.2. The van der Waals surface area contributed by atoms with Crippen LogP contribution in [0, 0.1) is 0 Å². The lowest BCUT2D eigenvalue weighted by molar-refractivity contribution is -0.147. The number of aliphatic hydroxyl groups is 1. The molecule has 46 heavy (non-hydrogen) atoms. The number of carboxylic acid groups (broad SMARTS) is 1. The number of nitrogens with one attached hydrogen (secondary N) is 2. The van der Waals surface area contributed by atoms with Crippen molar-refractivity contribution in [1.29, 1.82) is 0 Å². The lowest BCUT2D eigenvalue weighted by Gasteiger charge is -2.15. The number of carboxylic acids is 1. The number of amides is 2. The summed E-state index contributed by atoms with van der Waals surface area (Å²) in [6.45, 7) is 3.39. The van der Waals surface area contributed by atoms with Crippen LogP contribution in [0.5, 0.6) is 0 Å². The van der Waals surface area contributed by atoms with Gasteiger partial charge in [0.2, 0.25) is 11.8 Å². The highest BCUT2D eigenvalue weighted by molar-refractivity contribution is 5.87. The van der Waals surface area contributed by atoms with E-state index in [1.54, 1.807) is 0 Å². The number of hydrogen-bond donors (Lipinski definition) is 4. The molecule has 0 saturated carbocycles. The smallest absolute Gasteiger partial charge is 0.328 e. The van der Waals surface area contributed by atoms with Crippen LogP contribution < -0.4 is 10.6 Å². The van der Waals surface area contributed by atoms with E-state index in [9.17, 15) is 19.2 Å². The average Bonchev–Trinajstić information content (AvgIpc) is 3.03. The number of carbonyl (C=O) groups is 4. The standard InChI is InChI=1S/C37H66N2O7/c1-3-5-7-9-11-12-13-14-15-17-19-25-29-36(43)46-32(26-22-18-16-10-8-6-4-2)27-23-20-21-24-28-34(41)38-30-35(42)39-33(31-40)37(44)45/h11-12,22,26,32-33,40H,3-10,13-21,23-25,27-31H2,1-2H3,(H,38,41)(H,39,42)(H,44,45)/b12-11-,26-22-. The van der Waals surface area contributed by atoms with Gasteiger partial charge in [0.1, 0.15) is 12.1 Å². The third-order valence-corrected chi connectivity index (χ3v) is 7.91. The van der Waals surface area contributed by atoms with Crippen LogP contribution in [0.25, 0.3) is 0 Å². The van der Waals surface area contributed by atoms with Gasteiger partial charge in [0.25, 0.3) is 0 Å². The van der Waals surface area contributed by atoms with Crippen LogP contribution in [0.3, 0.4) is 0 Å². The summed E-state index contributed by atoms with van der Waals surface area (Å²) in [6, 6.07) is -1.39. The molecule has 4 N–H and O–H groups in total. The van der Waals surface area contributed by atoms with Gasteiger partial charge < -0.3 is 25.6 Å². The molecule has 0 saturated heterocycles. The molecular formula is C37H66N2O7.